The van der Waals surface area contributed by atoms with E-state index in [1.807, 2.05) is 27.7 Å². The summed E-state index contributed by atoms with van der Waals surface area (Å²) < 4.78 is 70.0. The Hall–Kier alpha value is -2.81. The highest BCUT2D eigenvalue weighted by Crippen LogP contribution is 2.41. The van der Waals surface area contributed by atoms with Gasteiger partial charge in [-0.3, -0.25) is 4.72 Å². The maximum Gasteiger partial charge on any atom is 0.516 e. The molecule has 0 radical (unpaired) electrons. The Kier molecular flexibility index (Phi) is 9.10. The molecule has 1 unspecified atom stereocenters. The van der Waals surface area contributed by atoms with Crippen molar-refractivity contribution in [2.75, 3.05) is 22.8 Å². The number of benzene rings is 1. The molecule has 0 spiro atoms. The predicted octanol–water partition coefficient (Wildman–Crippen LogP) is 5.97. The van der Waals surface area contributed by atoms with Crippen molar-refractivity contribution in [1.29, 1.82) is 0 Å². The van der Waals surface area contributed by atoms with E-state index >= 15 is 0 Å². The fourth-order valence-corrected chi connectivity index (χ4v) is 4.75. The van der Waals surface area contributed by atoms with Gasteiger partial charge in [0.2, 0.25) is 5.01 Å². The van der Waals surface area contributed by atoms with Crippen molar-refractivity contribution in [2.45, 2.75) is 64.9 Å². The number of azo groups is 1. The first kappa shape index (κ1) is 28.8. The van der Waals surface area contributed by atoms with Crippen molar-refractivity contribution >= 4 is 49.5 Å². The summed E-state index contributed by atoms with van der Waals surface area (Å²) in [5.74, 6) is -0.554. The molecular weight excluding hydrogens is 533 g/mol. The van der Waals surface area contributed by atoms with Crippen molar-refractivity contribution in [3.05, 3.63) is 22.7 Å². The lowest BCUT2D eigenvalue weighted by Gasteiger charge is -2.37. The maximum absolute atomic E-state index is 13.2. The number of fused-ring (bicyclic) bond motifs is 1. The monoisotopic (exact) mass is 562 g/mol. The molecule has 15 heteroatoms. The first-order valence-corrected chi connectivity index (χ1v) is 14.1. The standard InChI is InChI=1S/C22H29F3N6O4S2/c1-5-6-9-31-14(4)7-8-15-10-16(17(11-18(15)31)30-37(33,34)22(23,24)25)26-28-21-29-27-19(36-21)20(32)35-12-13(2)3/h10-11,13-14,30H,5-9,12H2,1-4H3. The van der Waals surface area contributed by atoms with Crippen LogP contribution in [0.2, 0.25) is 0 Å². The summed E-state index contributed by atoms with van der Waals surface area (Å²) in [5, 5.41) is 15.2. The number of hydrogen-bond acceptors (Lipinski definition) is 10. The number of carbonyl (C=O) groups is 1. The van der Waals surface area contributed by atoms with E-state index < -0.39 is 21.5 Å². The summed E-state index contributed by atoms with van der Waals surface area (Å²) in [6.45, 7) is 8.67. The third-order valence-corrected chi connectivity index (χ3v) is 7.44. The highest BCUT2D eigenvalue weighted by molar-refractivity contribution is 7.93. The molecule has 0 aliphatic carbocycles. The molecule has 204 valence electrons. The fourth-order valence-electron chi connectivity index (χ4n) is 3.62. The zero-order valence-electron chi connectivity index (χ0n) is 20.9. The molecular formula is C22H29F3N6O4S2. The smallest absolute Gasteiger partial charge is 0.460 e. The number of rotatable bonds is 10. The molecule has 1 aromatic carbocycles. The number of aryl methyl sites for hydroxylation is 1. The lowest BCUT2D eigenvalue weighted by Crippen LogP contribution is -2.38. The first-order chi connectivity index (χ1) is 17.3. The molecule has 10 nitrogen and oxygen atoms in total. The molecule has 3 rings (SSSR count). The maximum atomic E-state index is 13.2. The van der Waals surface area contributed by atoms with Crippen LogP contribution in [0.5, 0.6) is 0 Å². The van der Waals surface area contributed by atoms with Crippen LogP contribution in [0, 0.1) is 5.92 Å². The minimum atomic E-state index is -5.71. The Balaban J connectivity index is 1.97. The van der Waals surface area contributed by atoms with Crippen molar-refractivity contribution < 1.29 is 31.1 Å². The zero-order valence-corrected chi connectivity index (χ0v) is 22.5. The van der Waals surface area contributed by atoms with Gasteiger partial charge in [0.1, 0.15) is 5.69 Å². The number of alkyl halides is 3. The van der Waals surface area contributed by atoms with E-state index in [2.05, 4.69) is 25.3 Å². The van der Waals surface area contributed by atoms with Crippen LogP contribution in [-0.2, 0) is 21.2 Å². The van der Waals surface area contributed by atoms with E-state index in [0.29, 0.717) is 18.7 Å². The molecule has 0 saturated heterocycles. The summed E-state index contributed by atoms with van der Waals surface area (Å²) in [7, 11) is -5.71. The van der Waals surface area contributed by atoms with Gasteiger partial charge >= 0.3 is 21.5 Å². The van der Waals surface area contributed by atoms with Gasteiger partial charge in [0.25, 0.3) is 5.13 Å². The molecule has 2 heterocycles. The summed E-state index contributed by atoms with van der Waals surface area (Å²) in [5.41, 5.74) is -4.53. The number of esters is 1. The third kappa shape index (κ3) is 7.15. The lowest BCUT2D eigenvalue weighted by atomic mass is 9.95. The number of anilines is 2. The van der Waals surface area contributed by atoms with Gasteiger partial charge in [-0.05, 0) is 49.8 Å². The number of halogens is 3. The first-order valence-electron chi connectivity index (χ1n) is 11.8. The minimum absolute atomic E-state index is 0.0444. The van der Waals surface area contributed by atoms with Crippen molar-refractivity contribution in [2.24, 2.45) is 16.1 Å². The summed E-state index contributed by atoms with van der Waals surface area (Å²) in [4.78, 5) is 14.1. The Morgan fingerprint density at radius 3 is 2.68 bits per heavy atom. The molecule has 1 aliphatic rings. The van der Waals surface area contributed by atoms with Crippen LogP contribution in [0.3, 0.4) is 0 Å². The SMILES string of the molecule is CCCCN1c2cc(NS(=O)(=O)C(F)(F)F)c(N=Nc3nnc(C(=O)OCC(C)C)s3)cc2CCC1C. The number of unbranched alkanes of at least 4 members (excludes halogenated alkanes) is 1. The van der Waals surface area contributed by atoms with Gasteiger partial charge in [0.05, 0.1) is 12.3 Å². The average molecular weight is 563 g/mol. The highest BCUT2D eigenvalue weighted by atomic mass is 32.2. The summed E-state index contributed by atoms with van der Waals surface area (Å²) in [6, 6.07) is 3.03. The van der Waals surface area contributed by atoms with Crippen LogP contribution in [0.4, 0.5) is 35.4 Å². The number of carbonyl (C=O) groups excluding carboxylic acids is 1. The predicted molar refractivity (Wildman–Crippen MR) is 134 cm³/mol. The molecule has 0 bridgehead atoms. The Bertz CT molecular complexity index is 1250. The normalized spacial score (nSPS) is 16.3. The quantitative estimate of drug-likeness (QED) is 0.279. The Morgan fingerprint density at radius 1 is 1.30 bits per heavy atom. The zero-order chi connectivity index (χ0) is 27.4. The molecule has 1 N–H and O–H groups in total. The molecule has 2 aromatic rings. The molecule has 1 atom stereocenters. The second-order valence-corrected chi connectivity index (χ2v) is 11.7. The van der Waals surface area contributed by atoms with Crippen LogP contribution < -0.4 is 9.62 Å². The summed E-state index contributed by atoms with van der Waals surface area (Å²) >= 11 is 0.790. The van der Waals surface area contributed by atoms with Crippen LogP contribution >= 0.6 is 11.3 Å². The molecule has 1 aliphatic heterocycles. The van der Waals surface area contributed by atoms with Crippen molar-refractivity contribution in [3.63, 3.8) is 0 Å². The van der Waals surface area contributed by atoms with Gasteiger partial charge in [-0.1, -0.05) is 38.5 Å². The largest absolute Gasteiger partial charge is 0.516 e. The minimum Gasteiger partial charge on any atom is -0.460 e. The number of ether oxygens (including phenoxy) is 1. The summed E-state index contributed by atoms with van der Waals surface area (Å²) in [6.07, 6.45) is 3.25. The Morgan fingerprint density at radius 2 is 2.03 bits per heavy atom. The molecule has 37 heavy (non-hydrogen) atoms. The molecule has 0 amide bonds. The second-order valence-electron chi connectivity index (χ2n) is 9.07. The molecule has 0 saturated carbocycles. The number of nitrogens with zero attached hydrogens (tertiary/aromatic N) is 5. The van der Waals surface area contributed by atoms with Crippen molar-refractivity contribution in [1.82, 2.24) is 10.2 Å². The average Bonchev–Trinajstić information content (AvgIpc) is 3.29. The highest BCUT2D eigenvalue weighted by Gasteiger charge is 2.46. The Labute approximate surface area is 217 Å². The van der Waals surface area contributed by atoms with Crippen molar-refractivity contribution in [3.8, 4) is 0 Å². The number of aromatic nitrogens is 2. The second kappa shape index (κ2) is 11.7. The third-order valence-electron chi connectivity index (χ3n) is 5.55. The van der Waals surface area contributed by atoms with Gasteiger partial charge in [0, 0.05) is 18.3 Å². The van der Waals surface area contributed by atoms with E-state index in [1.165, 1.54) is 12.1 Å². The lowest BCUT2D eigenvalue weighted by molar-refractivity contribution is -0.0429. The number of nitrogens with one attached hydrogen (secondary N) is 1. The van der Waals surface area contributed by atoms with E-state index in [4.69, 9.17) is 4.74 Å². The van der Waals surface area contributed by atoms with Gasteiger partial charge < -0.3 is 9.64 Å². The number of sulfonamides is 1. The fraction of sp³-hybridized carbons (Fsp3) is 0.591. The van der Waals surface area contributed by atoms with Crippen LogP contribution in [0.15, 0.2) is 22.4 Å². The van der Waals surface area contributed by atoms with Gasteiger partial charge in [-0.2, -0.15) is 21.6 Å². The van der Waals surface area contributed by atoms with E-state index in [0.717, 1.165) is 36.2 Å². The molecule has 0 fully saturated rings. The number of hydrogen-bond donors (Lipinski definition) is 1. The van der Waals surface area contributed by atoms with E-state index in [-0.39, 0.29) is 40.1 Å². The van der Waals surface area contributed by atoms with Crippen LogP contribution in [-0.4, -0.2) is 49.3 Å². The van der Waals surface area contributed by atoms with E-state index in [9.17, 15) is 26.4 Å². The van der Waals surface area contributed by atoms with Gasteiger partial charge in [-0.15, -0.1) is 20.4 Å². The topological polar surface area (TPSA) is 126 Å². The van der Waals surface area contributed by atoms with E-state index in [1.54, 1.807) is 4.72 Å². The van der Waals surface area contributed by atoms with Gasteiger partial charge in [-0.25, -0.2) is 4.79 Å². The van der Waals surface area contributed by atoms with Crippen LogP contribution in [0.25, 0.3) is 0 Å². The molecule has 1 aromatic heterocycles. The van der Waals surface area contributed by atoms with Crippen LogP contribution in [0.1, 0.15) is 62.3 Å². The van der Waals surface area contributed by atoms with Gasteiger partial charge in [0.15, 0.2) is 0 Å².